The summed E-state index contributed by atoms with van der Waals surface area (Å²) in [5.41, 5.74) is 1.38. The Morgan fingerprint density at radius 2 is 1.73 bits per heavy atom. The lowest BCUT2D eigenvalue weighted by Gasteiger charge is -2.19. The quantitative estimate of drug-likeness (QED) is 0.721. The SMILES string of the molecule is CCCNCCNC(=O)COc1ccc(C(C)(C)C)cc1.Cl. The fourth-order valence-electron chi connectivity index (χ4n) is 1.84. The smallest absolute Gasteiger partial charge is 0.257 e. The zero-order chi connectivity index (χ0) is 15.7. The molecule has 0 fully saturated rings. The second-order valence-electron chi connectivity index (χ2n) is 6.16. The van der Waals surface area contributed by atoms with Gasteiger partial charge < -0.3 is 15.4 Å². The van der Waals surface area contributed by atoms with E-state index in [9.17, 15) is 4.79 Å². The highest BCUT2D eigenvalue weighted by Crippen LogP contribution is 2.24. The van der Waals surface area contributed by atoms with Gasteiger partial charge in [0.1, 0.15) is 5.75 Å². The molecule has 0 heterocycles. The van der Waals surface area contributed by atoms with Gasteiger partial charge in [0, 0.05) is 13.1 Å². The predicted molar refractivity (Wildman–Crippen MR) is 94.1 cm³/mol. The Hall–Kier alpha value is -1.26. The summed E-state index contributed by atoms with van der Waals surface area (Å²) in [6, 6.07) is 7.91. The summed E-state index contributed by atoms with van der Waals surface area (Å²) in [6.45, 7) is 11.1. The molecule has 126 valence electrons. The molecule has 22 heavy (non-hydrogen) atoms. The van der Waals surface area contributed by atoms with Crippen LogP contribution in [0.5, 0.6) is 5.75 Å². The zero-order valence-corrected chi connectivity index (χ0v) is 14.9. The monoisotopic (exact) mass is 328 g/mol. The Morgan fingerprint density at radius 3 is 2.27 bits per heavy atom. The van der Waals surface area contributed by atoms with E-state index in [1.807, 2.05) is 24.3 Å². The highest BCUT2D eigenvalue weighted by Gasteiger charge is 2.13. The van der Waals surface area contributed by atoms with Crippen LogP contribution in [0, 0.1) is 0 Å². The van der Waals surface area contributed by atoms with Crippen LogP contribution in [0.15, 0.2) is 24.3 Å². The van der Waals surface area contributed by atoms with Crippen molar-refractivity contribution in [3.05, 3.63) is 29.8 Å². The van der Waals surface area contributed by atoms with Crippen LogP contribution in [-0.2, 0) is 10.2 Å². The fraction of sp³-hybridized carbons (Fsp3) is 0.588. The van der Waals surface area contributed by atoms with Crippen molar-refractivity contribution in [2.75, 3.05) is 26.2 Å². The van der Waals surface area contributed by atoms with Crippen LogP contribution in [0.1, 0.15) is 39.7 Å². The van der Waals surface area contributed by atoms with Crippen molar-refractivity contribution in [3.63, 3.8) is 0 Å². The van der Waals surface area contributed by atoms with Crippen LogP contribution in [0.25, 0.3) is 0 Å². The fourth-order valence-corrected chi connectivity index (χ4v) is 1.84. The molecule has 0 aliphatic rings. The number of nitrogens with one attached hydrogen (secondary N) is 2. The van der Waals surface area contributed by atoms with E-state index in [0.29, 0.717) is 6.54 Å². The molecule has 4 nitrogen and oxygen atoms in total. The predicted octanol–water partition coefficient (Wildman–Crippen LogP) is 2.90. The van der Waals surface area contributed by atoms with Gasteiger partial charge in [0.2, 0.25) is 0 Å². The molecule has 0 atom stereocenters. The third kappa shape index (κ3) is 8.25. The minimum absolute atomic E-state index is 0. The number of ether oxygens (including phenoxy) is 1. The molecular formula is C17H29ClN2O2. The van der Waals surface area contributed by atoms with Crippen molar-refractivity contribution in [2.24, 2.45) is 0 Å². The first kappa shape index (κ1) is 20.7. The molecule has 0 spiro atoms. The number of carbonyl (C=O) groups is 1. The van der Waals surface area contributed by atoms with E-state index in [4.69, 9.17) is 4.74 Å². The maximum atomic E-state index is 11.6. The molecule has 0 radical (unpaired) electrons. The molecule has 1 rings (SSSR count). The Labute approximate surface area is 140 Å². The summed E-state index contributed by atoms with van der Waals surface area (Å²) in [7, 11) is 0. The molecule has 1 amide bonds. The van der Waals surface area contributed by atoms with Gasteiger partial charge in [-0.1, -0.05) is 39.8 Å². The van der Waals surface area contributed by atoms with Gasteiger partial charge in [-0.15, -0.1) is 12.4 Å². The van der Waals surface area contributed by atoms with E-state index in [0.717, 1.165) is 25.3 Å². The molecule has 0 unspecified atom stereocenters. The van der Waals surface area contributed by atoms with E-state index in [2.05, 4.69) is 38.3 Å². The minimum atomic E-state index is -0.0896. The van der Waals surface area contributed by atoms with Crippen LogP contribution < -0.4 is 15.4 Å². The van der Waals surface area contributed by atoms with Crippen molar-refractivity contribution in [1.29, 1.82) is 0 Å². The highest BCUT2D eigenvalue weighted by molar-refractivity contribution is 5.85. The summed E-state index contributed by atoms with van der Waals surface area (Å²) in [5, 5.41) is 6.05. The van der Waals surface area contributed by atoms with Gasteiger partial charge in [-0.3, -0.25) is 4.79 Å². The van der Waals surface area contributed by atoms with Crippen molar-refractivity contribution in [3.8, 4) is 5.75 Å². The standard InChI is InChI=1S/C17H28N2O2.ClH/c1-5-10-18-11-12-19-16(20)13-21-15-8-6-14(7-9-15)17(2,3)4;/h6-9,18H,5,10-13H2,1-4H3,(H,19,20);1H. The van der Waals surface area contributed by atoms with Crippen molar-refractivity contribution < 1.29 is 9.53 Å². The summed E-state index contributed by atoms with van der Waals surface area (Å²) in [5.74, 6) is 0.635. The highest BCUT2D eigenvalue weighted by atomic mass is 35.5. The molecule has 0 aromatic heterocycles. The van der Waals surface area contributed by atoms with Gasteiger partial charge in [0.05, 0.1) is 0 Å². The van der Waals surface area contributed by atoms with Gasteiger partial charge in [0.15, 0.2) is 6.61 Å². The third-order valence-corrected chi connectivity index (χ3v) is 3.14. The molecule has 0 aliphatic heterocycles. The number of halogens is 1. The normalized spacial score (nSPS) is 10.7. The van der Waals surface area contributed by atoms with Crippen LogP contribution >= 0.6 is 12.4 Å². The summed E-state index contributed by atoms with van der Waals surface area (Å²) in [4.78, 5) is 11.6. The van der Waals surface area contributed by atoms with Gasteiger partial charge in [-0.05, 0) is 36.1 Å². The summed E-state index contributed by atoms with van der Waals surface area (Å²) < 4.78 is 5.48. The molecule has 5 heteroatoms. The maximum Gasteiger partial charge on any atom is 0.257 e. The van der Waals surface area contributed by atoms with Gasteiger partial charge in [-0.25, -0.2) is 0 Å². The third-order valence-electron chi connectivity index (χ3n) is 3.14. The molecule has 1 aromatic rings. The zero-order valence-electron chi connectivity index (χ0n) is 14.1. The molecule has 0 saturated heterocycles. The number of amides is 1. The number of carbonyl (C=O) groups excluding carboxylic acids is 1. The van der Waals surface area contributed by atoms with Crippen molar-refractivity contribution in [1.82, 2.24) is 10.6 Å². The van der Waals surface area contributed by atoms with Gasteiger partial charge in [-0.2, -0.15) is 0 Å². The number of benzene rings is 1. The number of hydrogen-bond acceptors (Lipinski definition) is 3. The average Bonchev–Trinajstić information content (AvgIpc) is 2.44. The topological polar surface area (TPSA) is 50.4 Å². The average molecular weight is 329 g/mol. The Bertz CT molecular complexity index is 427. The molecule has 0 aliphatic carbocycles. The van der Waals surface area contributed by atoms with Crippen molar-refractivity contribution >= 4 is 18.3 Å². The lowest BCUT2D eigenvalue weighted by atomic mass is 9.87. The van der Waals surface area contributed by atoms with Crippen molar-refractivity contribution in [2.45, 2.75) is 39.5 Å². The van der Waals surface area contributed by atoms with Crippen LogP contribution in [0.3, 0.4) is 0 Å². The van der Waals surface area contributed by atoms with Gasteiger partial charge in [0.25, 0.3) is 5.91 Å². The van der Waals surface area contributed by atoms with E-state index in [1.165, 1.54) is 5.56 Å². The van der Waals surface area contributed by atoms with E-state index >= 15 is 0 Å². The second-order valence-corrected chi connectivity index (χ2v) is 6.16. The van der Waals surface area contributed by atoms with E-state index in [-0.39, 0.29) is 30.3 Å². The molecule has 0 saturated carbocycles. The van der Waals surface area contributed by atoms with Gasteiger partial charge >= 0.3 is 0 Å². The Balaban J connectivity index is 0.00000441. The molecule has 2 N–H and O–H groups in total. The lowest BCUT2D eigenvalue weighted by molar-refractivity contribution is -0.123. The molecular weight excluding hydrogens is 300 g/mol. The summed E-state index contributed by atoms with van der Waals surface area (Å²) >= 11 is 0. The Morgan fingerprint density at radius 1 is 1.09 bits per heavy atom. The first-order valence-corrected chi connectivity index (χ1v) is 7.64. The van der Waals surface area contributed by atoms with Crippen LogP contribution in [-0.4, -0.2) is 32.1 Å². The first-order chi connectivity index (χ1) is 9.93. The van der Waals surface area contributed by atoms with Crippen LogP contribution in [0.2, 0.25) is 0 Å². The summed E-state index contributed by atoms with van der Waals surface area (Å²) in [6.07, 6.45) is 1.10. The number of rotatable bonds is 8. The van der Waals surface area contributed by atoms with E-state index < -0.39 is 0 Å². The largest absolute Gasteiger partial charge is 0.484 e. The van der Waals surface area contributed by atoms with Crippen LogP contribution in [0.4, 0.5) is 0 Å². The molecule has 0 bridgehead atoms. The minimum Gasteiger partial charge on any atom is -0.484 e. The number of hydrogen-bond donors (Lipinski definition) is 2. The first-order valence-electron chi connectivity index (χ1n) is 7.64. The lowest BCUT2D eigenvalue weighted by Crippen LogP contribution is -2.35. The maximum absolute atomic E-state index is 11.6. The Kier molecular flexibility index (Phi) is 9.86. The van der Waals surface area contributed by atoms with E-state index in [1.54, 1.807) is 0 Å². The second kappa shape index (κ2) is 10.5. The molecule has 1 aromatic carbocycles.